The van der Waals surface area contributed by atoms with E-state index < -0.39 is 5.60 Å². The molecule has 0 unspecified atom stereocenters. The highest BCUT2D eigenvalue weighted by atomic mass is 79.9. The van der Waals surface area contributed by atoms with Crippen LogP contribution in [0.3, 0.4) is 0 Å². The summed E-state index contributed by atoms with van der Waals surface area (Å²) in [4.78, 5) is 11.8. The van der Waals surface area contributed by atoms with Crippen LogP contribution in [-0.2, 0) is 9.53 Å². The topological polar surface area (TPSA) is 64.3 Å². The van der Waals surface area contributed by atoms with Gasteiger partial charge < -0.3 is 15.8 Å². The summed E-state index contributed by atoms with van der Waals surface area (Å²) in [6.07, 6.45) is 0. The van der Waals surface area contributed by atoms with E-state index in [1.54, 1.807) is 32.0 Å². The Morgan fingerprint density at radius 2 is 2.12 bits per heavy atom. The lowest BCUT2D eigenvalue weighted by Crippen LogP contribution is -2.38. The third-order valence-electron chi connectivity index (χ3n) is 2.30. The molecule has 1 aromatic rings. The van der Waals surface area contributed by atoms with E-state index >= 15 is 0 Å². The van der Waals surface area contributed by atoms with Gasteiger partial charge in [0.25, 0.3) is 5.91 Å². The lowest BCUT2D eigenvalue weighted by molar-refractivity contribution is -0.133. The van der Waals surface area contributed by atoms with Crippen molar-refractivity contribution in [2.24, 2.45) is 0 Å². The number of methoxy groups -OCH3 is 1. The number of halogens is 1. The molecule has 0 aliphatic carbocycles. The molecule has 0 fully saturated rings. The molecule has 1 aromatic carbocycles. The van der Waals surface area contributed by atoms with Gasteiger partial charge in [0.1, 0.15) is 5.60 Å². The molecule has 5 heteroatoms. The predicted octanol–water partition coefficient (Wildman–Crippen LogP) is 2.39. The summed E-state index contributed by atoms with van der Waals surface area (Å²) in [6, 6.07) is 5.22. The molecule has 88 valence electrons. The minimum Gasteiger partial charge on any atom is -0.399 e. The molecule has 0 spiro atoms. The molecule has 0 heterocycles. The SMILES string of the molecule is COC(C)(C)C(=O)Nc1cc(N)ccc1Br. The number of amides is 1. The van der Waals surface area contributed by atoms with E-state index in [2.05, 4.69) is 21.2 Å². The first-order valence-electron chi connectivity index (χ1n) is 4.78. The van der Waals surface area contributed by atoms with E-state index in [-0.39, 0.29) is 5.91 Å². The van der Waals surface area contributed by atoms with Crippen molar-refractivity contribution in [1.82, 2.24) is 0 Å². The second kappa shape index (κ2) is 4.84. The standard InChI is InChI=1S/C11H15BrN2O2/c1-11(2,16-3)10(15)14-9-6-7(13)4-5-8(9)12/h4-6H,13H2,1-3H3,(H,14,15). The Bertz CT molecular complexity index is 405. The molecule has 4 nitrogen and oxygen atoms in total. The van der Waals surface area contributed by atoms with Crippen LogP contribution in [0, 0.1) is 0 Å². The highest BCUT2D eigenvalue weighted by Crippen LogP contribution is 2.25. The third-order valence-corrected chi connectivity index (χ3v) is 2.99. The van der Waals surface area contributed by atoms with Crippen molar-refractivity contribution in [3.05, 3.63) is 22.7 Å². The van der Waals surface area contributed by atoms with Crippen LogP contribution in [0.5, 0.6) is 0 Å². The van der Waals surface area contributed by atoms with Crippen molar-refractivity contribution >= 4 is 33.2 Å². The summed E-state index contributed by atoms with van der Waals surface area (Å²) in [6.45, 7) is 3.39. The molecule has 3 N–H and O–H groups in total. The van der Waals surface area contributed by atoms with Crippen LogP contribution >= 0.6 is 15.9 Å². The second-order valence-electron chi connectivity index (χ2n) is 3.91. The van der Waals surface area contributed by atoms with E-state index in [4.69, 9.17) is 10.5 Å². The summed E-state index contributed by atoms with van der Waals surface area (Å²) in [5.41, 5.74) is 6.00. The fourth-order valence-electron chi connectivity index (χ4n) is 1.00. The highest BCUT2D eigenvalue weighted by Gasteiger charge is 2.27. The fraction of sp³-hybridized carbons (Fsp3) is 0.364. The Hall–Kier alpha value is -1.07. The van der Waals surface area contributed by atoms with Gasteiger partial charge in [-0.25, -0.2) is 0 Å². The van der Waals surface area contributed by atoms with Crippen molar-refractivity contribution < 1.29 is 9.53 Å². The van der Waals surface area contributed by atoms with Gasteiger partial charge in [-0.2, -0.15) is 0 Å². The molecule has 0 aliphatic rings. The van der Waals surface area contributed by atoms with Crippen LogP contribution < -0.4 is 11.1 Å². The molecule has 1 amide bonds. The molecule has 0 aliphatic heterocycles. The van der Waals surface area contributed by atoms with Crippen LogP contribution in [0.25, 0.3) is 0 Å². The largest absolute Gasteiger partial charge is 0.399 e. The number of carbonyl (C=O) groups excluding carboxylic acids is 1. The van der Waals surface area contributed by atoms with Gasteiger partial charge in [0.05, 0.1) is 5.69 Å². The minimum absolute atomic E-state index is 0.221. The lowest BCUT2D eigenvalue weighted by Gasteiger charge is -2.22. The van der Waals surface area contributed by atoms with Crippen LogP contribution in [0.1, 0.15) is 13.8 Å². The van der Waals surface area contributed by atoms with Gasteiger partial charge in [-0.05, 0) is 48.0 Å². The third kappa shape index (κ3) is 2.96. The van der Waals surface area contributed by atoms with Gasteiger partial charge in [-0.1, -0.05) is 0 Å². The average molecular weight is 287 g/mol. The van der Waals surface area contributed by atoms with Gasteiger partial charge in [-0.3, -0.25) is 4.79 Å². The molecule has 0 aromatic heterocycles. The molecule has 0 radical (unpaired) electrons. The van der Waals surface area contributed by atoms with Crippen LogP contribution in [-0.4, -0.2) is 18.6 Å². The Balaban J connectivity index is 2.89. The number of nitrogens with two attached hydrogens (primary N) is 1. The van der Waals surface area contributed by atoms with Gasteiger partial charge in [0.15, 0.2) is 0 Å². The molecule has 16 heavy (non-hydrogen) atoms. The Morgan fingerprint density at radius 1 is 1.50 bits per heavy atom. The second-order valence-corrected chi connectivity index (χ2v) is 4.76. The van der Waals surface area contributed by atoms with Gasteiger partial charge in [-0.15, -0.1) is 0 Å². The average Bonchev–Trinajstić information content (AvgIpc) is 2.23. The number of nitrogens with one attached hydrogen (secondary N) is 1. The first-order chi connectivity index (χ1) is 7.36. The van der Waals surface area contributed by atoms with Crippen molar-refractivity contribution in [2.75, 3.05) is 18.2 Å². The van der Waals surface area contributed by atoms with Crippen LogP contribution in [0.4, 0.5) is 11.4 Å². The predicted molar refractivity (Wildman–Crippen MR) is 68.3 cm³/mol. The Morgan fingerprint density at radius 3 is 2.69 bits per heavy atom. The molecular formula is C11H15BrN2O2. The van der Waals surface area contributed by atoms with Gasteiger partial charge >= 0.3 is 0 Å². The number of rotatable bonds is 3. The number of ether oxygens (including phenoxy) is 1. The number of nitrogen functional groups attached to an aromatic ring is 1. The van der Waals surface area contributed by atoms with E-state index in [0.29, 0.717) is 11.4 Å². The quantitative estimate of drug-likeness (QED) is 0.839. The smallest absolute Gasteiger partial charge is 0.256 e. The summed E-state index contributed by atoms with van der Waals surface area (Å²) < 4.78 is 5.86. The van der Waals surface area contributed by atoms with Gasteiger partial charge in [0, 0.05) is 17.3 Å². The minimum atomic E-state index is -0.871. The van der Waals surface area contributed by atoms with E-state index in [9.17, 15) is 4.79 Å². The maximum atomic E-state index is 11.8. The van der Waals surface area contributed by atoms with Crippen molar-refractivity contribution in [3.63, 3.8) is 0 Å². The molecule has 1 rings (SSSR count). The number of anilines is 2. The number of hydrogen-bond acceptors (Lipinski definition) is 3. The van der Waals surface area contributed by atoms with Crippen LogP contribution in [0.2, 0.25) is 0 Å². The molecule has 0 bridgehead atoms. The zero-order chi connectivity index (χ0) is 12.3. The Kier molecular flexibility index (Phi) is 3.93. The number of benzene rings is 1. The maximum Gasteiger partial charge on any atom is 0.256 e. The normalized spacial score (nSPS) is 11.2. The molecule has 0 atom stereocenters. The summed E-state index contributed by atoms with van der Waals surface area (Å²) in [7, 11) is 1.49. The Labute approximate surface area is 103 Å². The maximum absolute atomic E-state index is 11.8. The van der Waals surface area contributed by atoms with E-state index in [0.717, 1.165) is 4.47 Å². The van der Waals surface area contributed by atoms with Crippen molar-refractivity contribution in [1.29, 1.82) is 0 Å². The molecule has 0 saturated carbocycles. The summed E-state index contributed by atoms with van der Waals surface area (Å²) in [5.74, 6) is -0.221. The van der Waals surface area contributed by atoms with Crippen molar-refractivity contribution in [2.45, 2.75) is 19.4 Å². The zero-order valence-electron chi connectivity index (χ0n) is 9.50. The molecular weight excluding hydrogens is 272 g/mol. The zero-order valence-corrected chi connectivity index (χ0v) is 11.1. The van der Waals surface area contributed by atoms with Crippen LogP contribution in [0.15, 0.2) is 22.7 Å². The fourth-order valence-corrected chi connectivity index (χ4v) is 1.35. The van der Waals surface area contributed by atoms with E-state index in [1.165, 1.54) is 7.11 Å². The first kappa shape index (κ1) is 13.0. The number of carbonyl (C=O) groups is 1. The first-order valence-corrected chi connectivity index (χ1v) is 5.58. The lowest BCUT2D eigenvalue weighted by atomic mass is 10.1. The van der Waals surface area contributed by atoms with Crippen molar-refractivity contribution in [3.8, 4) is 0 Å². The molecule has 0 saturated heterocycles. The number of hydrogen-bond donors (Lipinski definition) is 2. The van der Waals surface area contributed by atoms with Gasteiger partial charge in [0.2, 0.25) is 0 Å². The van der Waals surface area contributed by atoms with E-state index in [1.807, 2.05) is 0 Å². The summed E-state index contributed by atoms with van der Waals surface area (Å²) >= 11 is 3.34. The monoisotopic (exact) mass is 286 g/mol. The highest BCUT2D eigenvalue weighted by molar-refractivity contribution is 9.10. The summed E-state index contributed by atoms with van der Waals surface area (Å²) in [5, 5.41) is 2.75.